The Bertz CT molecular complexity index is 1180. The minimum atomic E-state index is -4.45. The summed E-state index contributed by atoms with van der Waals surface area (Å²) < 4.78 is 31.3. The van der Waals surface area contributed by atoms with Crippen LogP contribution < -0.4 is 14.4 Å². The van der Waals surface area contributed by atoms with E-state index in [1.54, 1.807) is 12.1 Å². The smallest absolute Gasteiger partial charge is 0.339 e. The van der Waals surface area contributed by atoms with Crippen molar-refractivity contribution in [3.05, 3.63) is 52.6 Å². The Morgan fingerprint density at radius 2 is 1.83 bits per heavy atom. The Morgan fingerprint density at radius 3 is 2.43 bits per heavy atom. The van der Waals surface area contributed by atoms with Crippen molar-refractivity contribution in [2.45, 2.75) is 31.2 Å². The van der Waals surface area contributed by atoms with Crippen LogP contribution in [0.25, 0.3) is 0 Å². The SMILES string of the molecule is CC(C)CC(Nc1cccc(S(=O)(=O)Oc2cccc(N3CCN(C)CC3)c2[N+](=O)[O-])c1)C(=O)O. The zero-order valence-electron chi connectivity index (χ0n) is 19.9. The number of carbonyl (C=O) groups is 1. The Hall–Kier alpha value is -3.38. The standard InChI is InChI=1S/C23H30N4O7S/c1-16(2)14-19(23(28)29)24-17-6-4-7-18(15-17)35(32,33)34-21-9-5-8-20(22(21)27(30)31)26-12-10-25(3)11-13-26/h4-9,15-16,19,24H,10-14H2,1-3H3,(H,28,29). The summed E-state index contributed by atoms with van der Waals surface area (Å²) >= 11 is 0. The second-order valence-corrected chi connectivity index (χ2v) is 10.4. The lowest BCUT2D eigenvalue weighted by Gasteiger charge is -2.33. The van der Waals surface area contributed by atoms with Gasteiger partial charge in [0, 0.05) is 31.9 Å². The molecular formula is C23H30N4O7S. The maximum absolute atomic E-state index is 13.0. The first-order chi connectivity index (χ1) is 16.5. The largest absolute Gasteiger partial charge is 0.480 e. The third-order valence-electron chi connectivity index (χ3n) is 5.67. The fraction of sp³-hybridized carbons (Fsp3) is 0.435. The molecular weight excluding hydrogens is 476 g/mol. The number of carboxylic acids is 1. The van der Waals surface area contributed by atoms with E-state index >= 15 is 0 Å². The van der Waals surface area contributed by atoms with E-state index in [-0.39, 0.29) is 22.3 Å². The van der Waals surface area contributed by atoms with E-state index in [1.165, 1.54) is 30.3 Å². The number of piperazine rings is 1. The number of benzene rings is 2. The number of para-hydroxylation sites is 1. The van der Waals surface area contributed by atoms with Gasteiger partial charge in [0.05, 0.1) is 4.92 Å². The van der Waals surface area contributed by atoms with Gasteiger partial charge in [-0.15, -0.1) is 0 Å². The van der Waals surface area contributed by atoms with Gasteiger partial charge in [0.25, 0.3) is 0 Å². The number of nitrogens with zero attached hydrogens (tertiary/aromatic N) is 3. The van der Waals surface area contributed by atoms with E-state index in [9.17, 15) is 28.4 Å². The molecule has 1 aliphatic heterocycles. The Balaban J connectivity index is 1.89. The maximum Gasteiger partial charge on any atom is 0.339 e. The highest BCUT2D eigenvalue weighted by atomic mass is 32.2. The first-order valence-electron chi connectivity index (χ1n) is 11.2. The van der Waals surface area contributed by atoms with Gasteiger partial charge in [0.1, 0.15) is 16.6 Å². The van der Waals surface area contributed by atoms with Crippen molar-refractivity contribution in [1.29, 1.82) is 0 Å². The van der Waals surface area contributed by atoms with Crippen LogP contribution in [0.3, 0.4) is 0 Å². The lowest BCUT2D eigenvalue weighted by Crippen LogP contribution is -2.44. The second kappa shape index (κ2) is 10.9. The number of likely N-dealkylation sites (N-methyl/N-ethyl adjacent to an activating group) is 1. The summed E-state index contributed by atoms with van der Waals surface area (Å²) in [5.74, 6) is -1.33. The number of hydrogen-bond acceptors (Lipinski definition) is 9. The molecule has 0 aliphatic carbocycles. The van der Waals surface area contributed by atoms with Crippen molar-refractivity contribution in [3.63, 3.8) is 0 Å². The second-order valence-electron chi connectivity index (χ2n) is 8.90. The van der Waals surface area contributed by atoms with Crippen LogP contribution >= 0.6 is 0 Å². The summed E-state index contributed by atoms with van der Waals surface area (Å²) in [5.41, 5.74) is 0.158. The van der Waals surface area contributed by atoms with E-state index in [0.717, 1.165) is 0 Å². The average Bonchev–Trinajstić information content (AvgIpc) is 2.78. The molecule has 35 heavy (non-hydrogen) atoms. The molecule has 1 unspecified atom stereocenters. The molecule has 0 radical (unpaired) electrons. The minimum Gasteiger partial charge on any atom is -0.480 e. The number of carboxylic acid groups (broad SMARTS) is 1. The van der Waals surface area contributed by atoms with Crippen molar-refractivity contribution in [1.82, 2.24) is 4.90 Å². The first kappa shape index (κ1) is 26.2. The van der Waals surface area contributed by atoms with E-state index in [1.807, 2.05) is 25.8 Å². The molecule has 1 fully saturated rings. The molecule has 12 heteroatoms. The van der Waals surface area contributed by atoms with Crippen molar-refractivity contribution in [2.24, 2.45) is 5.92 Å². The number of nitro groups is 1. The minimum absolute atomic E-state index is 0.104. The van der Waals surface area contributed by atoms with Crippen molar-refractivity contribution in [3.8, 4) is 5.75 Å². The summed E-state index contributed by atoms with van der Waals surface area (Å²) in [6.07, 6.45) is 0.341. The molecule has 11 nitrogen and oxygen atoms in total. The zero-order valence-corrected chi connectivity index (χ0v) is 20.7. The molecule has 1 aliphatic rings. The summed E-state index contributed by atoms with van der Waals surface area (Å²) in [5, 5.41) is 24.2. The maximum atomic E-state index is 13.0. The fourth-order valence-electron chi connectivity index (χ4n) is 3.87. The lowest BCUT2D eigenvalue weighted by molar-refractivity contribution is -0.384. The molecule has 190 valence electrons. The summed E-state index contributed by atoms with van der Waals surface area (Å²) in [6, 6.07) is 8.97. The lowest BCUT2D eigenvalue weighted by atomic mass is 10.0. The summed E-state index contributed by atoms with van der Waals surface area (Å²) in [6.45, 7) is 6.32. The number of nitro benzene ring substituents is 1. The third kappa shape index (κ3) is 6.61. The molecule has 0 saturated carbocycles. The van der Waals surface area contributed by atoms with E-state index in [0.29, 0.717) is 38.3 Å². The van der Waals surface area contributed by atoms with Gasteiger partial charge in [-0.2, -0.15) is 8.42 Å². The van der Waals surface area contributed by atoms with Gasteiger partial charge in [-0.05, 0) is 49.7 Å². The van der Waals surface area contributed by atoms with Gasteiger partial charge in [-0.1, -0.05) is 26.0 Å². The molecule has 1 saturated heterocycles. The van der Waals surface area contributed by atoms with Crippen LogP contribution in [-0.4, -0.2) is 68.6 Å². The number of aliphatic carboxylic acids is 1. The summed E-state index contributed by atoms with van der Waals surface area (Å²) in [4.78, 5) is 26.5. The zero-order chi connectivity index (χ0) is 25.8. The normalized spacial score (nSPS) is 15.6. The molecule has 2 aromatic rings. The van der Waals surface area contributed by atoms with Crippen molar-refractivity contribution in [2.75, 3.05) is 43.4 Å². The average molecular weight is 507 g/mol. The van der Waals surface area contributed by atoms with Crippen LogP contribution in [0.1, 0.15) is 20.3 Å². The molecule has 0 amide bonds. The molecule has 1 atom stereocenters. The van der Waals surface area contributed by atoms with Gasteiger partial charge < -0.3 is 24.4 Å². The van der Waals surface area contributed by atoms with E-state index < -0.39 is 32.7 Å². The van der Waals surface area contributed by atoms with Crippen LogP contribution in [0, 0.1) is 16.0 Å². The number of anilines is 2. The van der Waals surface area contributed by atoms with Crippen LogP contribution in [0.15, 0.2) is 47.4 Å². The van der Waals surface area contributed by atoms with Crippen LogP contribution in [0.5, 0.6) is 5.75 Å². The van der Waals surface area contributed by atoms with E-state index in [4.69, 9.17) is 4.18 Å². The molecule has 0 bridgehead atoms. The third-order valence-corrected chi connectivity index (χ3v) is 6.90. The number of hydrogen-bond donors (Lipinski definition) is 2. The predicted octanol–water partition coefficient (Wildman–Crippen LogP) is 3.03. The molecule has 1 heterocycles. The fourth-order valence-corrected chi connectivity index (χ4v) is 4.85. The monoisotopic (exact) mass is 506 g/mol. The highest BCUT2D eigenvalue weighted by Crippen LogP contribution is 2.39. The molecule has 3 rings (SSSR count). The van der Waals surface area contributed by atoms with E-state index in [2.05, 4.69) is 10.2 Å². The summed E-state index contributed by atoms with van der Waals surface area (Å²) in [7, 11) is -2.49. The predicted molar refractivity (Wildman–Crippen MR) is 132 cm³/mol. The van der Waals surface area contributed by atoms with Crippen LogP contribution in [-0.2, 0) is 14.9 Å². The van der Waals surface area contributed by atoms with Crippen LogP contribution in [0.2, 0.25) is 0 Å². The highest BCUT2D eigenvalue weighted by Gasteiger charge is 2.30. The molecule has 2 N–H and O–H groups in total. The molecule has 0 aromatic heterocycles. The highest BCUT2D eigenvalue weighted by molar-refractivity contribution is 7.87. The van der Waals surface area contributed by atoms with Gasteiger partial charge in [0.15, 0.2) is 0 Å². The molecule has 2 aromatic carbocycles. The van der Waals surface area contributed by atoms with Crippen molar-refractivity contribution >= 4 is 33.1 Å². The topological polar surface area (TPSA) is 142 Å². The Labute approximate surface area is 204 Å². The Kier molecular flexibility index (Phi) is 8.18. The quantitative estimate of drug-likeness (QED) is 0.280. The van der Waals surface area contributed by atoms with Gasteiger partial charge in [0.2, 0.25) is 5.75 Å². The molecule has 0 spiro atoms. The van der Waals surface area contributed by atoms with Gasteiger partial charge >= 0.3 is 21.8 Å². The Morgan fingerprint density at radius 1 is 1.17 bits per heavy atom. The van der Waals surface area contributed by atoms with Crippen LogP contribution in [0.4, 0.5) is 17.1 Å². The van der Waals surface area contributed by atoms with Gasteiger partial charge in [-0.25, -0.2) is 4.79 Å². The number of rotatable bonds is 10. The van der Waals surface area contributed by atoms with Gasteiger partial charge in [-0.3, -0.25) is 10.1 Å². The number of nitrogens with one attached hydrogen (secondary N) is 1. The first-order valence-corrected chi connectivity index (χ1v) is 12.6. The van der Waals surface area contributed by atoms with Crippen molar-refractivity contribution < 1.29 is 27.4 Å².